The van der Waals surface area contributed by atoms with Gasteiger partial charge in [0, 0.05) is 24.8 Å². The van der Waals surface area contributed by atoms with Crippen LogP contribution in [0, 0.1) is 5.92 Å². The van der Waals surface area contributed by atoms with Gasteiger partial charge in [0.1, 0.15) is 0 Å². The van der Waals surface area contributed by atoms with Gasteiger partial charge in [-0.2, -0.15) is 0 Å². The Labute approximate surface area is 96.3 Å². The predicted molar refractivity (Wildman–Crippen MR) is 67.4 cm³/mol. The van der Waals surface area contributed by atoms with Crippen LogP contribution >= 0.6 is 0 Å². The third-order valence-electron chi connectivity index (χ3n) is 3.58. The number of fused-ring (bicyclic) bond motifs is 1. The Kier molecular flexibility index (Phi) is 2.44. The molecular weight excluding hydrogens is 196 g/mol. The molecule has 1 atom stereocenters. The maximum absolute atomic E-state index is 3.35. The van der Waals surface area contributed by atoms with Crippen molar-refractivity contribution in [2.75, 3.05) is 13.1 Å². The summed E-state index contributed by atoms with van der Waals surface area (Å²) in [5.74, 6) is 0.864. The normalized spacial score (nSPS) is 21.9. The van der Waals surface area contributed by atoms with Crippen molar-refractivity contribution in [1.29, 1.82) is 0 Å². The maximum atomic E-state index is 3.35. The lowest BCUT2D eigenvalue weighted by molar-refractivity contribution is 0.321. The van der Waals surface area contributed by atoms with Crippen LogP contribution in [0.2, 0.25) is 0 Å². The topological polar surface area (TPSA) is 19.0 Å². The molecule has 2 nitrogen and oxygen atoms in total. The van der Waals surface area contributed by atoms with Crippen molar-refractivity contribution in [3.05, 3.63) is 36.0 Å². The standard InChI is InChI=1S/C14H18N2/c1-11-6-8-16(9-11)10-13-4-2-3-12-5-7-15-14(12)13/h2-5,7,11,15H,6,8-10H2,1H3/t11-/m1/s1. The molecule has 0 bridgehead atoms. The number of hydrogen-bond donors (Lipinski definition) is 1. The van der Waals surface area contributed by atoms with Gasteiger partial charge in [0.05, 0.1) is 0 Å². The summed E-state index contributed by atoms with van der Waals surface area (Å²) in [6, 6.07) is 8.71. The number of aromatic nitrogens is 1. The van der Waals surface area contributed by atoms with E-state index in [4.69, 9.17) is 0 Å². The van der Waals surface area contributed by atoms with E-state index < -0.39 is 0 Å². The van der Waals surface area contributed by atoms with E-state index in [1.807, 2.05) is 6.20 Å². The molecular formula is C14H18N2. The van der Waals surface area contributed by atoms with E-state index in [1.165, 1.54) is 36.0 Å². The van der Waals surface area contributed by atoms with Crippen LogP contribution in [0.4, 0.5) is 0 Å². The summed E-state index contributed by atoms with van der Waals surface area (Å²) in [4.78, 5) is 5.90. The SMILES string of the molecule is C[C@@H]1CCN(Cc2cccc3cc[nH]c23)C1. The molecule has 0 saturated carbocycles. The Morgan fingerprint density at radius 3 is 3.12 bits per heavy atom. The first kappa shape index (κ1) is 9.91. The molecule has 1 aromatic carbocycles. The Hall–Kier alpha value is -1.28. The van der Waals surface area contributed by atoms with Gasteiger partial charge >= 0.3 is 0 Å². The third kappa shape index (κ3) is 1.74. The Morgan fingerprint density at radius 1 is 1.38 bits per heavy atom. The van der Waals surface area contributed by atoms with Crippen LogP contribution in [0.3, 0.4) is 0 Å². The van der Waals surface area contributed by atoms with E-state index in [0.29, 0.717) is 0 Å². The predicted octanol–water partition coefficient (Wildman–Crippen LogP) is 3.01. The van der Waals surface area contributed by atoms with E-state index >= 15 is 0 Å². The van der Waals surface area contributed by atoms with Gasteiger partial charge in [-0.15, -0.1) is 0 Å². The summed E-state index contributed by atoms with van der Waals surface area (Å²) in [5, 5.41) is 1.32. The number of aromatic amines is 1. The van der Waals surface area contributed by atoms with Gasteiger partial charge in [-0.25, -0.2) is 0 Å². The van der Waals surface area contributed by atoms with Crippen molar-refractivity contribution in [1.82, 2.24) is 9.88 Å². The van der Waals surface area contributed by atoms with E-state index in [1.54, 1.807) is 0 Å². The molecule has 1 saturated heterocycles. The van der Waals surface area contributed by atoms with Crippen molar-refractivity contribution in [2.45, 2.75) is 19.9 Å². The number of likely N-dealkylation sites (tertiary alicyclic amines) is 1. The molecule has 1 N–H and O–H groups in total. The van der Waals surface area contributed by atoms with Crippen molar-refractivity contribution in [3.63, 3.8) is 0 Å². The maximum Gasteiger partial charge on any atom is 0.0499 e. The zero-order chi connectivity index (χ0) is 11.0. The summed E-state index contributed by atoms with van der Waals surface area (Å²) in [6.07, 6.45) is 3.38. The molecule has 1 fully saturated rings. The monoisotopic (exact) mass is 214 g/mol. The van der Waals surface area contributed by atoms with Crippen LogP contribution in [-0.4, -0.2) is 23.0 Å². The van der Waals surface area contributed by atoms with Crippen molar-refractivity contribution in [3.8, 4) is 0 Å². The van der Waals surface area contributed by atoms with Crippen molar-refractivity contribution >= 4 is 10.9 Å². The first-order chi connectivity index (χ1) is 7.83. The molecule has 2 heteroatoms. The van der Waals surface area contributed by atoms with E-state index in [-0.39, 0.29) is 0 Å². The molecule has 2 heterocycles. The molecule has 0 aliphatic carbocycles. The van der Waals surface area contributed by atoms with Crippen molar-refractivity contribution in [2.24, 2.45) is 5.92 Å². The quantitative estimate of drug-likeness (QED) is 0.814. The highest BCUT2D eigenvalue weighted by Gasteiger charge is 2.19. The summed E-state index contributed by atoms with van der Waals surface area (Å²) in [7, 11) is 0. The minimum Gasteiger partial charge on any atom is -0.361 e. The van der Waals surface area contributed by atoms with E-state index in [0.717, 1.165) is 12.5 Å². The summed E-state index contributed by atoms with van der Waals surface area (Å²) < 4.78 is 0. The Balaban J connectivity index is 1.86. The van der Waals surface area contributed by atoms with Crippen LogP contribution in [0.25, 0.3) is 10.9 Å². The zero-order valence-electron chi connectivity index (χ0n) is 9.74. The minimum absolute atomic E-state index is 0.864. The molecule has 0 radical (unpaired) electrons. The molecule has 1 aliphatic heterocycles. The number of nitrogens with zero attached hydrogens (tertiary/aromatic N) is 1. The molecule has 3 rings (SSSR count). The average molecular weight is 214 g/mol. The van der Waals surface area contributed by atoms with E-state index in [9.17, 15) is 0 Å². The molecule has 1 aliphatic rings. The number of nitrogens with one attached hydrogen (secondary N) is 1. The smallest absolute Gasteiger partial charge is 0.0499 e. The summed E-state index contributed by atoms with van der Waals surface area (Å²) in [5.41, 5.74) is 2.73. The fourth-order valence-corrected chi connectivity index (χ4v) is 2.69. The molecule has 0 amide bonds. The Bertz CT molecular complexity index is 486. The van der Waals surface area contributed by atoms with E-state index in [2.05, 4.69) is 41.1 Å². The fourth-order valence-electron chi connectivity index (χ4n) is 2.69. The second kappa shape index (κ2) is 3.95. The summed E-state index contributed by atoms with van der Waals surface area (Å²) >= 11 is 0. The van der Waals surface area contributed by atoms with Gasteiger partial charge in [0.15, 0.2) is 0 Å². The van der Waals surface area contributed by atoms with Crippen LogP contribution < -0.4 is 0 Å². The van der Waals surface area contributed by atoms with Gasteiger partial charge in [-0.05, 0) is 35.9 Å². The lowest BCUT2D eigenvalue weighted by Crippen LogP contribution is -2.19. The summed E-state index contributed by atoms with van der Waals surface area (Å²) in [6.45, 7) is 5.92. The Morgan fingerprint density at radius 2 is 2.31 bits per heavy atom. The average Bonchev–Trinajstić information content (AvgIpc) is 2.87. The largest absolute Gasteiger partial charge is 0.361 e. The first-order valence-corrected chi connectivity index (χ1v) is 6.10. The van der Waals surface area contributed by atoms with Gasteiger partial charge in [-0.1, -0.05) is 25.1 Å². The van der Waals surface area contributed by atoms with Gasteiger partial charge < -0.3 is 4.98 Å². The number of H-pyrrole nitrogens is 1. The zero-order valence-corrected chi connectivity index (χ0v) is 9.74. The number of benzene rings is 1. The van der Waals surface area contributed by atoms with Crippen LogP contribution in [0.15, 0.2) is 30.5 Å². The highest BCUT2D eigenvalue weighted by Crippen LogP contribution is 2.22. The van der Waals surface area contributed by atoms with Gasteiger partial charge in [0.25, 0.3) is 0 Å². The highest BCUT2D eigenvalue weighted by atomic mass is 15.1. The second-order valence-corrected chi connectivity index (χ2v) is 4.99. The minimum atomic E-state index is 0.864. The highest BCUT2D eigenvalue weighted by molar-refractivity contribution is 5.82. The number of hydrogen-bond acceptors (Lipinski definition) is 1. The fraction of sp³-hybridized carbons (Fsp3) is 0.429. The van der Waals surface area contributed by atoms with Crippen molar-refractivity contribution < 1.29 is 0 Å². The number of rotatable bonds is 2. The van der Waals surface area contributed by atoms with Crippen LogP contribution in [-0.2, 0) is 6.54 Å². The molecule has 1 aromatic heterocycles. The van der Waals surface area contributed by atoms with Crippen LogP contribution in [0.1, 0.15) is 18.9 Å². The lowest BCUT2D eigenvalue weighted by Gasteiger charge is -2.15. The first-order valence-electron chi connectivity index (χ1n) is 6.10. The second-order valence-electron chi connectivity index (χ2n) is 4.99. The molecule has 84 valence electrons. The van der Waals surface area contributed by atoms with Gasteiger partial charge in [-0.3, -0.25) is 4.90 Å². The molecule has 0 spiro atoms. The van der Waals surface area contributed by atoms with Gasteiger partial charge in [0.2, 0.25) is 0 Å². The molecule has 2 aromatic rings. The third-order valence-corrected chi connectivity index (χ3v) is 3.58. The molecule has 0 unspecified atom stereocenters. The van der Waals surface area contributed by atoms with Crippen LogP contribution in [0.5, 0.6) is 0 Å². The number of para-hydroxylation sites is 1. The molecule has 16 heavy (non-hydrogen) atoms. The lowest BCUT2D eigenvalue weighted by atomic mass is 10.1.